The third-order valence-electron chi connectivity index (χ3n) is 3.81. The zero-order valence-corrected chi connectivity index (χ0v) is 14.1. The Labute approximate surface area is 136 Å². The van der Waals surface area contributed by atoms with Gasteiger partial charge in [-0.1, -0.05) is 6.07 Å². The highest BCUT2D eigenvalue weighted by molar-refractivity contribution is 7.89. The van der Waals surface area contributed by atoms with Gasteiger partial charge in [0.1, 0.15) is 0 Å². The highest BCUT2D eigenvalue weighted by Gasteiger charge is 2.34. The Kier molecular flexibility index (Phi) is 6.30. The Morgan fingerprint density at radius 2 is 2.14 bits per heavy atom. The normalized spacial score (nSPS) is 18.9. The second-order valence-electron chi connectivity index (χ2n) is 5.23. The van der Waals surface area contributed by atoms with Crippen molar-refractivity contribution < 1.29 is 13.3 Å². The van der Waals surface area contributed by atoms with Crippen LogP contribution < -0.4 is 5.32 Å². The summed E-state index contributed by atoms with van der Waals surface area (Å²) in [7, 11) is -1.84. The molecule has 1 aromatic rings. The van der Waals surface area contributed by atoms with Gasteiger partial charge in [-0.2, -0.15) is 4.31 Å². The highest BCUT2D eigenvalue weighted by atomic mass is 35.5. The molecular formula is C13H20ClN3O4S. The van der Waals surface area contributed by atoms with Crippen LogP contribution in [0.1, 0.15) is 12.0 Å². The lowest BCUT2D eigenvalue weighted by Gasteiger charge is -2.18. The number of nitro groups is 1. The van der Waals surface area contributed by atoms with Crippen LogP contribution in [0.4, 0.5) is 5.69 Å². The number of sulfonamides is 1. The predicted octanol–water partition coefficient (Wildman–Crippen LogP) is 1.56. The number of nitrogens with zero attached hydrogens (tertiary/aromatic N) is 2. The molecule has 0 saturated carbocycles. The number of nitro benzene ring substituents is 1. The molecule has 1 saturated heterocycles. The maximum Gasteiger partial charge on any atom is 0.273 e. The van der Waals surface area contributed by atoms with Crippen LogP contribution in [-0.4, -0.2) is 44.3 Å². The molecule has 124 valence electrons. The van der Waals surface area contributed by atoms with Crippen LogP contribution in [0.25, 0.3) is 0 Å². The summed E-state index contributed by atoms with van der Waals surface area (Å²) in [4.78, 5) is 10.4. The van der Waals surface area contributed by atoms with E-state index in [1.54, 1.807) is 0 Å². The molecule has 0 amide bonds. The van der Waals surface area contributed by atoms with Crippen molar-refractivity contribution in [3.05, 3.63) is 33.9 Å². The molecule has 1 atom stereocenters. The van der Waals surface area contributed by atoms with Crippen molar-refractivity contribution in [2.24, 2.45) is 5.92 Å². The molecule has 1 unspecified atom stereocenters. The average molecular weight is 350 g/mol. The van der Waals surface area contributed by atoms with Gasteiger partial charge >= 0.3 is 0 Å². The lowest BCUT2D eigenvalue weighted by atomic mass is 10.1. The number of benzene rings is 1. The number of rotatable bonds is 5. The van der Waals surface area contributed by atoms with E-state index in [0.29, 0.717) is 13.1 Å². The second kappa shape index (κ2) is 7.36. The topological polar surface area (TPSA) is 92.6 Å². The minimum absolute atomic E-state index is 0. The number of hydrogen-bond acceptors (Lipinski definition) is 5. The molecule has 0 spiro atoms. The van der Waals surface area contributed by atoms with Crippen molar-refractivity contribution in [3.63, 3.8) is 0 Å². The Morgan fingerprint density at radius 3 is 2.73 bits per heavy atom. The monoisotopic (exact) mass is 349 g/mol. The summed E-state index contributed by atoms with van der Waals surface area (Å²) < 4.78 is 26.7. The number of halogens is 1. The Morgan fingerprint density at radius 1 is 1.45 bits per heavy atom. The summed E-state index contributed by atoms with van der Waals surface area (Å²) in [6.45, 7) is 3.15. The first-order chi connectivity index (χ1) is 9.87. The summed E-state index contributed by atoms with van der Waals surface area (Å²) in [6, 6.07) is 4.17. The highest BCUT2D eigenvalue weighted by Crippen LogP contribution is 2.29. The third kappa shape index (κ3) is 3.57. The summed E-state index contributed by atoms with van der Waals surface area (Å²) in [5.74, 6) is 0.281. The van der Waals surface area contributed by atoms with Gasteiger partial charge in [0.05, 0.1) is 9.82 Å². The molecule has 22 heavy (non-hydrogen) atoms. The van der Waals surface area contributed by atoms with Crippen molar-refractivity contribution in [1.82, 2.24) is 9.62 Å². The molecule has 9 heteroatoms. The molecule has 1 aliphatic heterocycles. The van der Waals surface area contributed by atoms with Crippen LogP contribution in [0.15, 0.2) is 23.1 Å². The van der Waals surface area contributed by atoms with E-state index in [-0.39, 0.29) is 34.5 Å². The van der Waals surface area contributed by atoms with E-state index in [1.165, 1.54) is 29.4 Å². The fourth-order valence-corrected chi connectivity index (χ4v) is 4.46. The van der Waals surface area contributed by atoms with E-state index < -0.39 is 14.9 Å². The van der Waals surface area contributed by atoms with Crippen LogP contribution in [-0.2, 0) is 10.0 Å². The van der Waals surface area contributed by atoms with Gasteiger partial charge in [0.15, 0.2) is 0 Å². The molecule has 0 aliphatic carbocycles. The van der Waals surface area contributed by atoms with Gasteiger partial charge in [-0.25, -0.2) is 8.42 Å². The van der Waals surface area contributed by atoms with E-state index in [9.17, 15) is 18.5 Å². The van der Waals surface area contributed by atoms with Crippen LogP contribution >= 0.6 is 12.4 Å². The zero-order chi connectivity index (χ0) is 15.6. The quantitative estimate of drug-likeness (QED) is 0.643. The molecular weight excluding hydrogens is 330 g/mol. The molecule has 1 heterocycles. The van der Waals surface area contributed by atoms with E-state index in [0.717, 1.165) is 13.0 Å². The van der Waals surface area contributed by atoms with Crippen molar-refractivity contribution in [2.75, 3.05) is 26.7 Å². The maximum atomic E-state index is 12.7. The van der Waals surface area contributed by atoms with Crippen LogP contribution in [0.2, 0.25) is 0 Å². The largest absolute Gasteiger partial charge is 0.319 e. The fourth-order valence-electron chi connectivity index (χ4n) is 2.69. The molecule has 7 nitrogen and oxygen atoms in total. The van der Waals surface area contributed by atoms with Gasteiger partial charge in [-0.15, -0.1) is 12.4 Å². The molecule has 1 N–H and O–H groups in total. The van der Waals surface area contributed by atoms with Gasteiger partial charge in [0.25, 0.3) is 5.69 Å². The standard InChI is InChI=1S/C13H19N3O4S.ClH/c1-10-12(16(17)18)4-3-5-13(10)21(19,20)15-7-6-11(9-15)8-14-2;/h3-5,11,14H,6-9H2,1-2H3;1H. The van der Waals surface area contributed by atoms with Gasteiger partial charge in [-0.3, -0.25) is 10.1 Å². The Hall–Kier alpha value is -1.22. The van der Waals surface area contributed by atoms with Gasteiger partial charge in [-0.05, 0) is 38.9 Å². The summed E-state index contributed by atoms with van der Waals surface area (Å²) in [5.41, 5.74) is 0.0293. The first kappa shape index (κ1) is 18.8. The zero-order valence-electron chi connectivity index (χ0n) is 12.5. The summed E-state index contributed by atoms with van der Waals surface area (Å²) >= 11 is 0. The fraction of sp³-hybridized carbons (Fsp3) is 0.538. The lowest BCUT2D eigenvalue weighted by molar-refractivity contribution is -0.385. The summed E-state index contributed by atoms with van der Waals surface area (Å²) in [5, 5.41) is 14.0. The predicted molar refractivity (Wildman–Crippen MR) is 85.9 cm³/mol. The van der Waals surface area contributed by atoms with Crippen LogP contribution in [0.5, 0.6) is 0 Å². The van der Waals surface area contributed by atoms with E-state index in [1.807, 2.05) is 7.05 Å². The van der Waals surface area contributed by atoms with Crippen LogP contribution in [0.3, 0.4) is 0 Å². The molecule has 1 aromatic carbocycles. The number of nitrogens with one attached hydrogen (secondary N) is 1. The van der Waals surface area contributed by atoms with Gasteiger partial charge in [0.2, 0.25) is 10.0 Å². The third-order valence-corrected chi connectivity index (χ3v) is 5.82. The van der Waals surface area contributed by atoms with E-state index in [4.69, 9.17) is 0 Å². The molecule has 1 fully saturated rings. The lowest BCUT2D eigenvalue weighted by Crippen LogP contribution is -2.31. The Balaban J connectivity index is 0.00000242. The molecule has 0 bridgehead atoms. The molecule has 0 radical (unpaired) electrons. The van der Waals surface area contributed by atoms with E-state index in [2.05, 4.69) is 5.32 Å². The molecule has 0 aromatic heterocycles. The maximum absolute atomic E-state index is 12.7. The minimum atomic E-state index is -3.68. The molecule has 1 aliphatic rings. The first-order valence-corrected chi connectivity index (χ1v) is 8.20. The SMILES string of the molecule is CNCC1CCN(S(=O)(=O)c2cccc([N+](=O)[O-])c2C)C1.Cl. The molecule has 2 rings (SSSR count). The van der Waals surface area contributed by atoms with Crippen molar-refractivity contribution in [1.29, 1.82) is 0 Å². The first-order valence-electron chi connectivity index (χ1n) is 6.76. The summed E-state index contributed by atoms with van der Waals surface area (Å²) in [6.07, 6.45) is 0.800. The van der Waals surface area contributed by atoms with Gasteiger partial charge in [0, 0.05) is 24.7 Å². The van der Waals surface area contributed by atoms with Crippen LogP contribution in [0, 0.1) is 23.0 Å². The number of hydrogen-bond donors (Lipinski definition) is 1. The second-order valence-corrected chi connectivity index (χ2v) is 7.14. The van der Waals surface area contributed by atoms with Crippen molar-refractivity contribution >= 4 is 28.1 Å². The van der Waals surface area contributed by atoms with Gasteiger partial charge < -0.3 is 5.32 Å². The minimum Gasteiger partial charge on any atom is -0.319 e. The smallest absolute Gasteiger partial charge is 0.273 e. The Bertz CT molecular complexity index is 651. The van der Waals surface area contributed by atoms with Crippen molar-refractivity contribution in [2.45, 2.75) is 18.2 Å². The van der Waals surface area contributed by atoms with Crippen molar-refractivity contribution in [3.8, 4) is 0 Å². The average Bonchev–Trinajstić information content (AvgIpc) is 2.88. The van der Waals surface area contributed by atoms with E-state index >= 15 is 0 Å².